The summed E-state index contributed by atoms with van der Waals surface area (Å²) in [4.78, 5) is 4.38. The molecule has 0 atom stereocenters. The minimum atomic E-state index is 1.15. The summed E-state index contributed by atoms with van der Waals surface area (Å²) >= 11 is 0. The van der Waals surface area contributed by atoms with Crippen molar-refractivity contribution in [2.45, 2.75) is 26.2 Å². The quantitative estimate of drug-likeness (QED) is 0.567. The first kappa shape index (κ1) is 7.53. The Kier molecular flexibility index (Phi) is 1.94. The maximum atomic E-state index is 4.38. The van der Waals surface area contributed by atoms with Gasteiger partial charge in [-0.3, -0.25) is 4.98 Å². The lowest BCUT2D eigenvalue weighted by atomic mass is 9.91. The molecule has 62 valence electrons. The van der Waals surface area contributed by atoms with Crippen LogP contribution in [0.5, 0.6) is 0 Å². The summed E-state index contributed by atoms with van der Waals surface area (Å²) in [6.07, 6.45) is 7.71. The van der Waals surface area contributed by atoms with Crippen LogP contribution in [0.1, 0.15) is 31.0 Å². The third-order valence-corrected chi connectivity index (χ3v) is 2.44. The molecule has 2 rings (SSSR count). The molecule has 0 aromatic carbocycles. The Labute approximate surface area is 73.1 Å². The zero-order valence-electron chi connectivity index (χ0n) is 7.38. The van der Waals surface area contributed by atoms with E-state index in [1.54, 1.807) is 0 Å². The maximum Gasteiger partial charge on any atom is 0.0478 e. The van der Waals surface area contributed by atoms with Crippen molar-refractivity contribution in [2.75, 3.05) is 0 Å². The van der Waals surface area contributed by atoms with Gasteiger partial charge in [0.2, 0.25) is 0 Å². The van der Waals surface area contributed by atoms with Crippen LogP contribution in [0, 0.1) is 0 Å². The van der Waals surface area contributed by atoms with E-state index >= 15 is 0 Å². The van der Waals surface area contributed by atoms with Crippen LogP contribution in [0.3, 0.4) is 0 Å². The molecular formula is C11H13N. The van der Waals surface area contributed by atoms with Crippen LogP contribution >= 0.6 is 0 Å². The Morgan fingerprint density at radius 3 is 3.17 bits per heavy atom. The number of aromatic nitrogens is 1. The van der Waals surface area contributed by atoms with Crippen LogP contribution in [-0.4, -0.2) is 4.98 Å². The van der Waals surface area contributed by atoms with Gasteiger partial charge < -0.3 is 0 Å². The number of hydrogen-bond donors (Lipinski definition) is 0. The van der Waals surface area contributed by atoms with Crippen molar-refractivity contribution in [3.05, 3.63) is 35.7 Å². The van der Waals surface area contributed by atoms with Crippen LogP contribution in [0.4, 0.5) is 0 Å². The number of rotatable bonds is 0. The highest BCUT2D eigenvalue weighted by Gasteiger charge is 2.12. The lowest BCUT2D eigenvalue weighted by Crippen LogP contribution is -2.03. The second-order valence-corrected chi connectivity index (χ2v) is 3.17. The van der Waals surface area contributed by atoms with E-state index in [-0.39, 0.29) is 0 Å². The predicted octanol–water partition coefficient (Wildman–Crippen LogP) is 2.82. The third kappa shape index (κ3) is 1.15. The molecule has 0 radical (unpaired) electrons. The summed E-state index contributed by atoms with van der Waals surface area (Å²) in [6, 6.07) is 4.20. The van der Waals surface area contributed by atoms with Crippen LogP contribution in [0.25, 0.3) is 5.57 Å². The topological polar surface area (TPSA) is 12.9 Å². The summed E-state index contributed by atoms with van der Waals surface area (Å²) in [5.41, 5.74) is 4.10. The molecule has 1 heterocycles. The van der Waals surface area contributed by atoms with E-state index in [0.717, 1.165) is 6.42 Å². The number of fused-ring (bicyclic) bond motifs is 1. The van der Waals surface area contributed by atoms with E-state index in [1.807, 2.05) is 12.3 Å². The fourth-order valence-electron chi connectivity index (χ4n) is 1.81. The molecule has 0 saturated heterocycles. The Bertz CT molecular complexity index is 313. The second-order valence-electron chi connectivity index (χ2n) is 3.17. The minimum absolute atomic E-state index is 1.15. The van der Waals surface area contributed by atoms with E-state index < -0.39 is 0 Å². The summed E-state index contributed by atoms with van der Waals surface area (Å²) in [5.74, 6) is 0. The van der Waals surface area contributed by atoms with Crippen molar-refractivity contribution in [3.8, 4) is 0 Å². The monoisotopic (exact) mass is 159 g/mol. The van der Waals surface area contributed by atoms with Gasteiger partial charge in [0, 0.05) is 11.9 Å². The molecule has 0 bridgehead atoms. The highest BCUT2D eigenvalue weighted by molar-refractivity contribution is 5.68. The Balaban J connectivity index is 2.51. The van der Waals surface area contributed by atoms with Crippen LogP contribution < -0.4 is 0 Å². The van der Waals surface area contributed by atoms with Crippen molar-refractivity contribution >= 4 is 5.57 Å². The van der Waals surface area contributed by atoms with Crippen molar-refractivity contribution in [3.63, 3.8) is 0 Å². The molecule has 0 unspecified atom stereocenters. The molecule has 0 N–H and O–H groups in total. The predicted molar refractivity (Wildman–Crippen MR) is 50.8 cm³/mol. The van der Waals surface area contributed by atoms with E-state index in [0.29, 0.717) is 0 Å². The standard InChI is InChI=1S/C11H13N/c1-2-9-5-3-7-11-10(9)6-4-8-12-11/h2,4,6,8H,3,5,7H2,1H3/b9-2+. The normalized spacial score (nSPS) is 19.2. The Morgan fingerprint density at radius 2 is 2.33 bits per heavy atom. The van der Waals surface area contributed by atoms with Crippen molar-refractivity contribution in [2.24, 2.45) is 0 Å². The summed E-state index contributed by atoms with van der Waals surface area (Å²) in [5, 5.41) is 0. The third-order valence-electron chi connectivity index (χ3n) is 2.44. The van der Waals surface area contributed by atoms with Crippen LogP contribution in [0.15, 0.2) is 24.4 Å². The Morgan fingerprint density at radius 1 is 1.42 bits per heavy atom. The molecule has 1 aliphatic rings. The van der Waals surface area contributed by atoms with Gasteiger partial charge in [-0.15, -0.1) is 0 Å². The molecule has 1 heteroatoms. The number of allylic oxidation sites excluding steroid dienone is 2. The maximum absolute atomic E-state index is 4.38. The molecule has 1 aromatic rings. The Hall–Kier alpha value is -1.11. The number of pyridine rings is 1. The first-order valence-electron chi connectivity index (χ1n) is 4.51. The molecule has 0 spiro atoms. The molecule has 0 fully saturated rings. The SMILES string of the molecule is C/C=C1\CCCc2ncccc21. The summed E-state index contributed by atoms with van der Waals surface area (Å²) in [7, 11) is 0. The molecule has 1 nitrogen and oxygen atoms in total. The molecule has 0 aliphatic heterocycles. The average molecular weight is 159 g/mol. The van der Waals surface area contributed by atoms with Gasteiger partial charge >= 0.3 is 0 Å². The molecule has 1 aliphatic carbocycles. The first-order valence-corrected chi connectivity index (χ1v) is 4.51. The number of nitrogens with zero attached hydrogens (tertiary/aromatic N) is 1. The van der Waals surface area contributed by atoms with Gasteiger partial charge in [-0.05, 0) is 43.4 Å². The molecule has 0 amide bonds. The summed E-state index contributed by atoms with van der Waals surface area (Å²) < 4.78 is 0. The largest absolute Gasteiger partial charge is 0.261 e. The van der Waals surface area contributed by atoms with Crippen LogP contribution in [-0.2, 0) is 6.42 Å². The van der Waals surface area contributed by atoms with Crippen LogP contribution in [0.2, 0.25) is 0 Å². The van der Waals surface area contributed by atoms with Gasteiger partial charge in [0.1, 0.15) is 0 Å². The highest BCUT2D eigenvalue weighted by Crippen LogP contribution is 2.28. The average Bonchev–Trinajstić information content (AvgIpc) is 2.17. The zero-order chi connectivity index (χ0) is 8.39. The van der Waals surface area contributed by atoms with Crippen molar-refractivity contribution in [1.82, 2.24) is 4.98 Å². The van der Waals surface area contributed by atoms with Gasteiger partial charge in [-0.2, -0.15) is 0 Å². The molecular weight excluding hydrogens is 146 g/mol. The number of aryl methyl sites for hydroxylation is 1. The summed E-state index contributed by atoms with van der Waals surface area (Å²) in [6.45, 7) is 2.11. The van der Waals surface area contributed by atoms with E-state index in [4.69, 9.17) is 0 Å². The molecule has 0 saturated carbocycles. The molecule has 12 heavy (non-hydrogen) atoms. The van der Waals surface area contributed by atoms with Gasteiger partial charge in [-0.1, -0.05) is 12.1 Å². The highest BCUT2D eigenvalue weighted by atomic mass is 14.7. The fourth-order valence-corrected chi connectivity index (χ4v) is 1.81. The first-order chi connectivity index (χ1) is 5.92. The van der Waals surface area contributed by atoms with Gasteiger partial charge in [0.05, 0.1) is 0 Å². The van der Waals surface area contributed by atoms with E-state index in [1.165, 1.54) is 29.7 Å². The molecule has 1 aromatic heterocycles. The van der Waals surface area contributed by atoms with Gasteiger partial charge in [-0.25, -0.2) is 0 Å². The van der Waals surface area contributed by atoms with Crippen molar-refractivity contribution < 1.29 is 0 Å². The van der Waals surface area contributed by atoms with E-state index in [2.05, 4.69) is 24.1 Å². The second kappa shape index (κ2) is 3.10. The van der Waals surface area contributed by atoms with Gasteiger partial charge in [0.15, 0.2) is 0 Å². The van der Waals surface area contributed by atoms with E-state index in [9.17, 15) is 0 Å². The smallest absolute Gasteiger partial charge is 0.0478 e. The number of hydrogen-bond acceptors (Lipinski definition) is 1. The zero-order valence-corrected chi connectivity index (χ0v) is 7.38. The lowest BCUT2D eigenvalue weighted by molar-refractivity contribution is 0.793. The fraction of sp³-hybridized carbons (Fsp3) is 0.364. The van der Waals surface area contributed by atoms with Gasteiger partial charge in [0.25, 0.3) is 0 Å². The minimum Gasteiger partial charge on any atom is -0.261 e. The van der Waals surface area contributed by atoms with Crippen molar-refractivity contribution in [1.29, 1.82) is 0 Å². The lowest BCUT2D eigenvalue weighted by Gasteiger charge is -2.16.